The summed E-state index contributed by atoms with van der Waals surface area (Å²) in [5.74, 6) is -1.91. The fourth-order valence-electron chi connectivity index (χ4n) is 5.04. The van der Waals surface area contributed by atoms with E-state index in [2.05, 4.69) is 0 Å². The number of amides is 1. The van der Waals surface area contributed by atoms with Gasteiger partial charge in [-0.2, -0.15) is 0 Å². The van der Waals surface area contributed by atoms with Gasteiger partial charge in [0, 0.05) is 0 Å². The molecule has 0 aliphatic carbocycles. The molecule has 0 spiro atoms. The summed E-state index contributed by atoms with van der Waals surface area (Å²) in [7, 11) is 0. The van der Waals surface area contributed by atoms with E-state index in [9.17, 15) is 24.6 Å². The lowest BCUT2D eigenvalue weighted by Gasteiger charge is -2.29. The van der Waals surface area contributed by atoms with Crippen molar-refractivity contribution >= 4 is 18.0 Å². The van der Waals surface area contributed by atoms with Crippen molar-refractivity contribution < 1.29 is 38.8 Å². The normalized spacial score (nSPS) is 18.2. The van der Waals surface area contributed by atoms with Gasteiger partial charge in [-0.1, -0.05) is 109 Å². The summed E-state index contributed by atoms with van der Waals surface area (Å²) in [6, 6.07) is 32.9. The van der Waals surface area contributed by atoms with Crippen LogP contribution in [-0.2, 0) is 31.2 Å². The number of carbonyl (C=O) groups excluding carboxylic acids is 3. The predicted molar refractivity (Wildman–Crippen MR) is 156 cm³/mol. The van der Waals surface area contributed by atoms with E-state index in [-0.39, 0.29) is 36.4 Å². The van der Waals surface area contributed by atoms with Crippen molar-refractivity contribution in [3.8, 4) is 0 Å². The second kappa shape index (κ2) is 13.4. The van der Waals surface area contributed by atoms with Crippen molar-refractivity contribution in [2.24, 2.45) is 0 Å². The SMILES string of the molecule is O=C(O[C@@H]1[C@@H](COCc2ccccc2)N(C(=O)OC(=O)C(O)(c2ccccc2)c2ccccc2)C[C@@H]1O)c1ccccc1. The standard InChI is InChI=1S/C34H31NO8/c36-29-21-35(33(39)43-32(38)34(40,26-17-9-3-10-18-26)27-19-11-4-12-20-27)28(23-41-22-24-13-5-1-6-14-24)30(29)42-31(37)25-15-7-2-8-16-25/h1-20,28-30,36,40H,21-23H2/t28-,29+,30-/m1/s1. The highest BCUT2D eigenvalue weighted by atomic mass is 16.6. The maximum atomic E-state index is 13.6. The Bertz CT molecular complexity index is 1480. The fourth-order valence-corrected chi connectivity index (χ4v) is 5.04. The number of esters is 2. The summed E-state index contributed by atoms with van der Waals surface area (Å²) in [4.78, 5) is 41.1. The highest BCUT2D eigenvalue weighted by Gasteiger charge is 2.49. The molecular formula is C34H31NO8. The smallest absolute Gasteiger partial charge is 0.418 e. The molecule has 220 valence electrons. The van der Waals surface area contributed by atoms with Crippen molar-refractivity contribution in [3.05, 3.63) is 144 Å². The number of hydrogen-bond acceptors (Lipinski definition) is 8. The Labute approximate surface area is 248 Å². The highest BCUT2D eigenvalue weighted by molar-refractivity contribution is 5.93. The van der Waals surface area contributed by atoms with Gasteiger partial charge in [0.1, 0.15) is 6.10 Å². The summed E-state index contributed by atoms with van der Waals surface area (Å²) in [5.41, 5.74) is -0.741. The van der Waals surface area contributed by atoms with E-state index < -0.39 is 41.9 Å². The van der Waals surface area contributed by atoms with Gasteiger partial charge in [0.15, 0.2) is 6.10 Å². The van der Waals surface area contributed by atoms with Crippen molar-refractivity contribution in [1.82, 2.24) is 4.90 Å². The van der Waals surface area contributed by atoms with Gasteiger partial charge in [-0.15, -0.1) is 0 Å². The predicted octanol–water partition coefficient (Wildman–Crippen LogP) is 4.07. The van der Waals surface area contributed by atoms with Crippen molar-refractivity contribution in [2.75, 3.05) is 13.2 Å². The average molecular weight is 582 g/mol. The first-order valence-corrected chi connectivity index (χ1v) is 13.8. The molecule has 0 aromatic heterocycles. The Morgan fingerprint density at radius 1 is 0.767 bits per heavy atom. The highest BCUT2D eigenvalue weighted by Crippen LogP contribution is 2.32. The topological polar surface area (TPSA) is 123 Å². The zero-order valence-corrected chi connectivity index (χ0v) is 23.2. The molecule has 1 aliphatic heterocycles. The number of hydrogen-bond donors (Lipinski definition) is 2. The summed E-state index contributed by atoms with van der Waals surface area (Å²) in [6.07, 6.45) is -3.59. The first-order chi connectivity index (χ1) is 20.9. The zero-order valence-electron chi connectivity index (χ0n) is 23.2. The zero-order chi connectivity index (χ0) is 30.2. The second-order valence-electron chi connectivity index (χ2n) is 10.1. The van der Waals surface area contributed by atoms with Crippen LogP contribution in [0.2, 0.25) is 0 Å². The number of benzene rings is 4. The molecule has 0 bridgehead atoms. The second-order valence-corrected chi connectivity index (χ2v) is 10.1. The molecule has 43 heavy (non-hydrogen) atoms. The first-order valence-electron chi connectivity index (χ1n) is 13.8. The summed E-state index contributed by atoms with van der Waals surface area (Å²) >= 11 is 0. The van der Waals surface area contributed by atoms with E-state index in [1.807, 2.05) is 30.3 Å². The Balaban J connectivity index is 1.38. The third kappa shape index (κ3) is 6.65. The fraction of sp³-hybridized carbons (Fsp3) is 0.206. The third-order valence-corrected chi connectivity index (χ3v) is 7.29. The van der Waals surface area contributed by atoms with Crippen LogP contribution in [0, 0.1) is 0 Å². The third-order valence-electron chi connectivity index (χ3n) is 7.29. The van der Waals surface area contributed by atoms with Crippen LogP contribution in [0.4, 0.5) is 4.79 Å². The van der Waals surface area contributed by atoms with Crippen LogP contribution >= 0.6 is 0 Å². The number of carbonyl (C=O) groups is 3. The molecule has 5 rings (SSSR count). The number of ether oxygens (including phenoxy) is 3. The molecule has 0 radical (unpaired) electrons. The molecule has 4 aromatic rings. The summed E-state index contributed by atoms with van der Waals surface area (Å²) in [5, 5.41) is 22.6. The van der Waals surface area contributed by atoms with E-state index in [0.29, 0.717) is 0 Å². The number of β-amino-alcohol motifs (C(OH)–C–C–N with tert-alkyl or cyclic N) is 1. The van der Waals surface area contributed by atoms with Gasteiger partial charge in [0.2, 0.25) is 5.60 Å². The van der Waals surface area contributed by atoms with Crippen molar-refractivity contribution in [1.29, 1.82) is 0 Å². The molecule has 1 fully saturated rings. The summed E-state index contributed by atoms with van der Waals surface area (Å²) < 4.78 is 16.8. The number of likely N-dealkylation sites (tertiary alicyclic amines) is 1. The Hall–Kier alpha value is -4.83. The van der Waals surface area contributed by atoms with E-state index in [1.54, 1.807) is 91.0 Å². The quantitative estimate of drug-likeness (QED) is 0.224. The minimum atomic E-state index is -2.30. The maximum Gasteiger partial charge on any atom is 0.418 e. The van der Waals surface area contributed by atoms with Crippen LogP contribution in [0.25, 0.3) is 0 Å². The lowest BCUT2D eigenvalue weighted by atomic mass is 9.86. The molecule has 3 atom stereocenters. The molecule has 2 N–H and O–H groups in total. The van der Waals surface area contributed by atoms with Crippen LogP contribution in [-0.4, -0.2) is 64.5 Å². The number of nitrogens with zero attached hydrogens (tertiary/aromatic N) is 1. The van der Waals surface area contributed by atoms with Crippen molar-refractivity contribution in [3.63, 3.8) is 0 Å². The molecule has 0 unspecified atom stereocenters. The van der Waals surface area contributed by atoms with Gasteiger partial charge in [-0.3, -0.25) is 4.90 Å². The molecule has 9 nitrogen and oxygen atoms in total. The molecular weight excluding hydrogens is 550 g/mol. The lowest BCUT2D eigenvalue weighted by molar-refractivity contribution is -0.156. The van der Waals surface area contributed by atoms with E-state index in [1.165, 1.54) is 0 Å². The first kappa shape index (κ1) is 29.7. The van der Waals surface area contributed by atoms with Gasteiger partial charge in [-0.05, 0) is 28.8 Å². The number of aliphatic hydroxyl groups is 2. The molecule has 1 aliphatic rings. The van der Waals surface area contributed by atoms with E-state index in [4.69, 9.17) is 14.2 Å². The minimum Gasteiger partial charge on any atom is -0.454 e. The van der Waals surface area contributed by atoms with Crippen LogP contribution in [0.15, 0.2) is 121 Å². The number of aliphatic hydroxyl groups excluding tert-OH is 1. The molecule has 1 amide bonds. The Kier molecular flexibility index (Phi) is 9.26. The molecule has 0 saturated carbocycles. The van der Waals surface area contributed by atoms with Gasteiger partial charge in [0.05, 0.1) is 31.4 Å². The number of rotatable bonds is 9. The largest absolute Gasteiger partial charge is 0.454 e. The minimum absolute atomic E-state index is 0.135. The lowest BCUT2D eigenvalue weighted by Crippen LogP contribution is -2.47. The maximum absolute atomic E-state index is 13.6. The Morgan fingerprint density at radius 2 is 1.28 bits per heavy atom. The summed E-state index contributed by atoms with van der Waals surface area (Å²) in [6.45, 7) is -0.243. The van der Waals surface area contributed by atoms with Crippen LogP contribution in [0.5, 0.6) is 0 Å². The van der Waals surface area contributed by atoms with Crippen LogP contribution < -0.4 is 0 Å². The van der Waals surface area contributed by atoms with Crippen LogP contribution in [0.1, 0.15) is 27.0 Å². The van der Waals surface area contributed by atoms with Crippen LogP contribution in [0.3, 0.4) is 0 Å². The molecule has 1 saturated heterocycles. The average Bonchev–Trinajstić information content (AvgIpc) is 3.36. The van der Waals surface area contributed by atoms with Gasteiger partial charge >= 0.3 is 18.0 Å². The van der Waals surface area contributed by atoms with Gasteiger partial charge < -0.3 is 24.4 Å². The van der Waals surface area contributed by atoms with E-state index in [0.717, 1.165) is 10.5 Å². The van der Waals surface area contributed by atoms with Crippen molar-refractivity contribution in [2.45, 2.75) is 30.5 Å². The monoisotopic (exact) mass is 581 g/mol. The Morgan fingerprint density at radius 3 is 1.84 bits per heavy atom. The molecule has 4 aromatic carbocycles. The van der Waals surface area contributed by atoms with Gasteiger partial charge in [0.25, 0.3) is 0 Å². The molecule has 1 heterocycles. The molecule has 9 heteroatoms. The van der Waals surface area contributed by atoms with E-state index >= 15 is 0 Å². The van der Waals surface area contributed by atoms with Gasteiger partial charge in [-0.25, -0.2) is 14.4 Å².